The Bertz CT molecular complexity index is 2120. The molecule has 0 amide bonds. The molecule has 1 atom stereocenters. The van der Waals surface area contributed by atoms with Crippen molar-refractivity contribution in [1.82, 2.24) is 9.55 Å². The van der Waals surface area contributed by atoms with Gasteiger partial charge in [0.25, 0.3) is 0 Å². The van der Waals surface area contributed by atoms with Gasteiger partial charge in [-0.3, -0.25) is 4.57 Å². The Morgan fingerprint density at radius 3 is 2.30 bits per heavy atom. The van der Waals surface area contributed by atoms with Crippen molar-refractivity contribution in [3.63, 3.8) is 0 Å². The third-order valence-corrected chi connectivity index (χ3v) is 10.9. The minimum Gasteiger partial charge on any atom is -0.475 e. The number of nitrogens with zero attached hydrogens (tertiary/aromatic N) is 3. The molecule has 3 aromatic carbocycles. The molecule has 0 N–H and O–H groups in total. The van der Waals surface area contributed by atoms with Gasteiger partial charge in [0, 0.05) is 39.6 Å². The number of fused-ring (bicyclic) bond motifs is 5. The predicted molar refractivity (Wildman–Crippen MR) is 195 cm³/mol. The highest BCUT2D eigenvalue weighted by Gasteiger charge is 2.43. The van der Waals surface area contributed by atoms with E-state index in [9.17, 15) is 0 Å². The summed E-state index contributed by atoms with van der Waals surface area (Å²) in [4.78, 5) is 10.1. The quantitative estimate of drug-likeness (QED) is 0.199. The van der Waals surface area contributed by atoms with Crippen LogP contribution in [0.15, 0.2) is 65.8 Å². The van der Waals surface area contributed by atoms with Gasteiger partial charge in [0.2, 0.25) is 5.90 Å². The lowest BCUT2D eigenvalue weighted by molar-refractivity contribution is 0.154. The fourth-order valence-electron chi connectivity index (χ4n) is 7.02. The molecule has 0 saturated heterocycles. The molecule has 2 aliphatic heterocycles. The number of aromatic nitrogens is 2. The third-order valence-electron chi connectivity index (χ3n) is 10.9. The lowest BCUT2D eigenvalue weighted by Crippen LogP contribution is -2.39. The third kappa shape index (κ3) is 4.88. The van der Waals surface area contributed by atoms with Crippen molar-refractivity contribution < 1.29 is 9.47 Å². The largest absolute Gasteiger partial charge is 0.475 e. The number of aliphatic imine (C=N–C) groups is 1. The molecule has 0 radical (unpaired) electrons. The average Bonchev–Trinajstić information content (AvgIpc) is 3.55. The van der Waals surface area contributed by atoms with E-state index >= 15 is 0 Å². The summed E-state index contributed by atoms with van der Waals surface area (Å²) in [5.74, 6) is 3.62. The van der Waals surface area contributed by atoms with Crippen LogP contribution in [0.3, 0.4) is 0 Å². The lowest BCUT2D eigenvalue weighted by Gasteiger charge is -2.35. The first-order valence-corrected chi connectivity index (χ1v) is 17.0. The highest BCUT2D eigenvalue weighted by Crippen LogP contribution is 2.49. The lowest BCUT2D eigenvalue weighted by atomic mass is 9.73. The van der Waals surface area contributed by atoms with E-state index in [1.165, 1.54) is 38.5 Å². The van der Waals surface area contributed by atoms with Crippen LogP contribution in [-0.4, -0.2) is 27.6 Å². The smallest absolute Gasteiger partial charge is 0.216 e. The van der Waals surface area contributed by atoms with Gasteiger partial charge in [0.05, 0.1) is 11.0 Å². The standard InChI is InChI=1S/C42H49N3O2/c1-24(2)26-17-27(38-44-42(12,23-46-38)40(7,8)9)19-29(18-26)47-35-22-34-30(16-25(35)3)31-20-28(39(4,5)6)21-33-36(31)45(34)37-32(41(33,10)11)14-13-15-43-37/h13-22,24H,23H2,1-12H3/t42-/m0/s1. The molecule has 0 saturated carbocycles. The maximum atomic E-state index is 6.83. The first-order chi connectivity index (χ1) is 21.9. The van der Waals surface area contributed by atoms with Crippen molar-refractivity contribution in [2.24, 2.45) is 10.4 Å². The summed E-state index contributed by atoms with van der Waals surface area (Å²) in [6.07, 6.45) is 1.91. The topological polar surface area (TPSA) is 48.6 Å². The van der Waals surface area contributed by atoms with Gasteiger partial charge in [-0.2, -0.15) is 0 Å². The van der Waals surface area contributed by atoms with Gasteiger partial charge in [-0.1, -0.05) is 81.4 Å². The highest BCUT2D eigenvalue weighted by molar-refractivity contribution is 6.12. The second-order valence-corrected chi connectivity index (χ2v) is 16.9. The summed E-state index contributed by atoms with van der Waals surface area (Å²) in [5.41, 5.74) is 9.01. The van der Waals surface area contributed by atoms with Gasteiger partial charge in [-0.15, -0.1) is 0 Å². The van der Waals surface area contributed by atoms with Gasteiger partial charge >= 0.3 is 0 Å². The van der Waals surface area contributed by atoms with E-state index in [0.717, 1.165) is 34.0 Å². The van der Waals surface area contributed by atoms with Crippen LogP contribution in [0, 0.1) is 12.3 Å². The molecular formula is C42H49N3O2. The summed E-state index contributed by atoms with van der Waals surface area (Å²) in [7, 11) is 0. The average molecular weight is 628 g/mol. The summed E-state index contributed by atoms with van der Waals surface area (Å²) in [6.45, 7) is 27.5. The molecule has 5 nitrogen and oxygen atoms in total. The van der Waals surface area contributed by atoms with Crippen molar-refractivity contribution in [1.29, 1.82) is 0 Å². The molecule has 0 bridgehead atoms. The molecule has 0 aliphatic carbocycles. The molecule has 2 aromatic heterocycles. The number of ether oxygens (including phenoxy) is 2. The van der Waals surface area contributed by atoms with Crippen LogP contribution < -0.4 is 4.74 Å². The maximum Gasteiger partial charge on any atom is 0.216 e. The molecule has 5 heteroatoms. The van der Waals surface area contributed by atoms with E-state index in [2.05, 4.69) is 142 Å². The minimum absolute atomic E-state index is 0.0132. The number of aryl methyl sites for hydroxylation is 1. The van der Waals surface area contributed by atoms with Gasteiger partial charge < -0.3 is 9.47 Å². The zero-order valence-electron chi connectivity index (χ0n) is 30.2. The van der Waals surface area contributed by atoms with Crippen LogP contribution in [0.4, 0.5) is 0 Å². The summed E-state index contributed by atoms with van der Waals surface area (Å²) in [5, 5.41) is 2.49. The molecule has 47 heavy (non-hydrogen) atoms. The second-order valence-electron chi connectivity index (χ2n) is 16.9. The van der Waals surface area contributed by atoms with Crippen LogP contribution in [0.25, 0.3) is 27.6 Å². The van der Waals surface area contributed by atoms with Gasteiger partial charge in [0.15, 0.2) is 0 Å². The van der Waals surface area contributed by atoms with Crippen LogP contribution in [0.1, 0.15) is 115 Å². The predicted octanol–water partition coefficient (Wildman–Crippen LogP) is 10.9. The Kier molecular flexibility index (Phi) is 6.82. The number of rotatable bonds is 4. The van der Waals surface area contributed by atoms with Crippen LogP contribution in [-0.2, 0) is 15.6 Å². The minimum atomic E-state index is -0.290. The number of pyridine rings is 1. The van der Waals surface area contributed by atoms with Crippen molar-refractivity contribution in [3.8, 4) is 17.3 Å². The van der Waals surface area contributed by atoms with E-state index in [0.29, 0.717) is 18.4 Å². The van der Waals surface area contributed by atoms with E-state index in [1.807, 2.05) is 6.20 Å². The maximum absolute atomic E-state index is 6.83. The van der Waals surface area contributed by atoms with Crippen molar-refractivity contribution in [2.75, 3.05) is 6.61 Å². The second kappa shape index (κ2) is 10.2. The summed E-state index contributed by atoms with van der Waals surface area (Å²) in [6, 6.07) is 20.1. The van der Waals surface area contributed by atoms with Crippen LogP contribution >= 0.6 is 0 Å². The van der Waals surface area contributed by atoms with E-state index in [1.54, 1.807) is 0 Å². The number of hydrogen-bond donors (Lipinski definition) is 0. The molecular weight excluding hydrogens is 578 g/mol. The van der Waals surface area contributed by atoms with Gasteiger partial charge in [-0.05, 0) is 89.2 Å². The Hall–Kier alpha value is -4.12. The van der Waals surface area contributed by atoms with E-state index in [-0.39, 0.29) is 21.8 Å². The fraction of sp³-hybridized carbons (Fsp3) is 0.429. The van der Waals surface area contributed by atoms with E-state index in [4.69, 9.17) is 19.5 Å². The molecule has 0 spiro atoms. The Labute approximate surface area is 280 Å². The SMILES string of the molecule is Cc1cc2c3cc(C(C)(C)C)cc4c3n(c2cc1Oc1cc(C2=N[C@](C)(C(C)(C)C)CO2)cc(C(C)C)c1)-c1ncccc1C4(C)C. The first-order valence-electron chi connectivity index (χ1n) is 17.0. The first kappa shape index (κ1) is 31.5. The van der Waals surface area contributed by atoms with Gasteiger partial charge in [-0.25, -0.2) is 9.98 Å². The molecule has 7 rings (SSSR count). The fourth-order valence-corrected chi connectivity index (χ4v) is 7.02. The number of hydrogen-bond acceptors (Lipinski definition) is 4. The van der Waals surface area contributed by atoms with Crippen molar-refractivity contribution in [2.45, 2.75) is 105 Å². The molecule has 4 heterocycles. The molecule has 0 fully saturated rings. The normalized spacial score (nSPS) is 18.9. The molecule has 2 aliphatic rings. The summed E-state index contributed by atoms with van der Waals surface area (Å²) < 4.78 is 15.5. The van der Waals surface area contributed by atoms with Crippen molar-refractivity contribution >= 4 is 27.7 Å². The van der Waals surface area contributed by atoms with Crippen LogP contribution in [0.5, 0.6) is 11.5 Å². The summed E-state index contributed by atoms with van der Waals surface area (Å²) >= 11 is 0. The molecule has 0 unspecified atom stereocenters. The Morgan fingerprint density at radius 2 is 1.64 bits per heavy atom. The van der Waals surface area contributed by atoms with Crippen LogP contribution in [0.2, 0.25) is 0 Å². The Morgan fingerprint density at radius 1 is 0.894 bits per heavy atom. The molecule has 5 aromatic rings. The highest BCUT2D eigenvalue weighted by atomic mass is 16.5. The van der Waals surface area contributed by atoms with Gasteiger partial charge in [0.1, 0.15) is 29.5 Å². The van der Waals surface area contributed by atoms with Crippen molar-refractivity contribution in [3.05, 3.63) is 94.2 Å². The monoisotopic (exact) mass is 627 g/mol. The zero-order valence-corrected chi connectivity index (χ0v) is 30.2. The van der Waals surface area contributed by atoms with E-state index < -0.39 is 0 Å². The Balaban J connectivity index is 1.42. The molecule has 244 valence electrons. The number of benzene rings is 3. The zero-order chi connectivity index (χ0) is 33.8.